The van der Waals surface area contributed by atoms with E-state index in [2.05, 4.69) is 5.32 Å². The number of benzene rings is 1. The van der Waals surface area contributed by atoms with Gasteiger partial charge in [-0.25, -0.2) is 0 Å². The molecule has 0 aromatic heterocycles. The first-order valence-corrected chi connectivity index (χ1v) is 6.40. The van der Waals surface area contributed by atoms with Gasteiger partial charge in [0.05, 0.1) is 12.0 Å². The van der Waals surface area contributed by atoms with Gasteiger partial charge >= 0.3 is 5.69 Å². The van der Waals surface area contributed by atoms with Gasteiger partial charge in [-0.3, -0.25) is 14.9 Å². The molecule has 108 valence electrons. The second-order valence-electron chi connectivity index (χ2n) is 4.90. The van der Waals surface area contributed by atoms with Crippen molar-refractivity contribution in [1.82, 2.24) is 0 Å². The van der Waals surface area contributed by atoms with Crippen molar-refractivity contribution in [3.8, 4) is 5.75 Å². The number of nitro groups is 1. The highest BCUT2D eigenvalue weighted by Crippen LogP contribution is 2.31. The van der Waals surface area contributed by atoms with E-state index in [0.717, 1.165) is 12.8 Å². The summed E-state index contributed by atoms with van der Waals surface area (Å²) in [5.41, 5.74) is 5.99. The van der Waals surface area contributed by atoms with E-state index in [9.17, 15) is 14.9 Å². The number of hydrogen-bond donors (Lipinski definition) is 2. The Bertz CT molecular complexity index is 532. The molecular weight excluding hydrogens is 262 g/mol. The summed E-state index contributed by atoms with van der Waals surface area (Å²) >= 11 is 0. The summed E-state index contributed by atoms with van der Waals surface area (Å²) < 4.78 is 4.91. The molecule has 0 spiro atoms. The summed E-state index contributed by atoms with van der Waals surface area (Å²) in [6.07, 6.45) is 2.25. The van der Waals surface area contributed by atoms with Gasteiger partial charge in [0.1, 0.15) is 0 Å². The summed E-state index contributed by atoms with van der Waals surface area (Å²) in [4.78, 5) is 22.4. The normalized spacial score (nSPS) is 21.5. The molecule has 1 aliphatic carbocycles. The van der Waals surface area contributed by atoms with Crippen molar-refractivity contribution in [2.24, 2.45) is 11.7 Å². The van der Waals surface area contributed by atoms with E-state index in [1.54, 1.807) is 6.07 Å². The van der Waals surface area contributed by atoms with Gasteiger partial charge in [0.25, 0.3) is 0 Å². The molecule has 1 saturated carbocycles. The van der Waals surface area contributed by atoms with Crippen molar-refractivity contribution in [3.05, 3.63) is 28.3 Å². The Hall–Kier alpha value is -2.15. The average molecular weight is 279 g/mol. The van der Waals surface area contributed by atoms with Crippen LogP contribution in [0, 0.1) is 16.0 Å². The standard InChI is InChI=1S/C13H17N3O4/c1-20-12-5-4-10(7-11(12)16(18)19)15-13(17)8-2-3-9(14)6-8/h4-5,7-9H,2-3,6,14H2,1H3,(H,15,17). The third kappa shape index (κ3) is 3.05. The summed E-state index contributed by atoms with van der Waals surface area (Å²) in [5.74, 6) is -0.0977. The van der Waals surface area contributed by atoms with Crippen LogP contribution in [0.4, 0.5) is 11.4 Å². The number of nitro benzene ring substituents is 1. The molecule has 1 amide bonds. The van der Waals surface area contributed by atoms with E-state index < -0.39 is 4.92 Å². The lowest BCUT2D eigenvalue weighted by Crippen LogP contribution is -2.23. The maximum atomic E-state index is 12.0. The molecule has 1 fully saturated rings. The third-order valence-corrected chi connectivity index (χ3v) is 3.49. The first-order valence-electron chi connectivity index (χ1n) is 6.40. The molecule has 0 saturated heterocycles. The predicted molar refractivity (Wildman–Crippen MR) is 73.6 cm³/mol. The lowest BCUT2D eigenvalue weighted by molar-refractivity contribution is -0.385. The van der Waals surface area contributed by atoms with Gasteiger partial charge in [-0.15, -0.1) is 0 Å². The second kappa shape index (κ2) is 5.87. The smallest absolute Gasteiger partial charge is 0.312 e. The summed E-state index contributed by atoms with van der Waals surface area (Å²) in [5, 5.41) is 13.6. The minimum absolute atomic E-state index is 0.0657. The van der Waals surface area contributed by atoms with Crippen LogP contribution in [0.1, 0.15) is 19.3 Å². The molecule has 1 aromatic rings. The molecule has 20 heavy (non-hydrogen) atoms. The molecule has 3 N–H and O–H groups in total. The van der Waals surface area contributed by atoms with Gasteiger partial charge in [0.2, 0.25) is 5.91 Å². The molecular formula is C13H17N3O4. The number of rotatable bonds is 4. The highest BCUT2D eigenvalue weighted by atomic mass is 16.6. The van der Waals surface area contributed by atoms with Gasteiger partial charge in [0, 0.05) is 23.7 Å². The van der Waals surface area contributed by atoms with Crippen molar-refractivity contribution >= 4 is 17.3 Å². The van der Waals surface area contributed by atoms with Gasteiger partial charge in [-0.1, -0.05) is 0 Å². The number of nitrogens with one attached hydrogen (secondary N) is 1. The molecule has 7 heteroatoms. The lowest BCUT2D eigenvalue weighted by atomic mass is 10.1. The zero-order valence-corrected chi connectivity index (χ0v) is 11.2. The lowest BCUT2D eigenvalue weighted by Gasteiger charge is -2.11. The van der Waals surface area contributed by atoms with Crippen LogP contribution in [-0.4, -0.2) is 24.0 Å². The minimum atomic E-state index is -0.542. The Labute approximate surface area is 116 Å². The molecule has 0 radical (unpaired) electrons. The van der Waals surface area contributed by atoms with Crippen LogP contribution >= 0.6 is 0 Å². The van der Waals surface area contributed by atoms with Crippen LogP contribution in [0.5, 0.6) is 5.75 Å². The molecule has 0 aliphatic heterocycles. The van der Waals surface area contributed by atoms with E-state index in [-0.39, 0.29) is 29.3 Å². The van der Waals surface area contributed by atoms with Gasteiger partial charge in [-0.2, -0.15) is 0 Å². The zero-order chi connectivity index (χ0) is 14.7. The highest BCUT2D eigenvalue weighted by molar-refractivity contribution is 5.93. The Balaban J connectivity index is 2.11. The van der Waals surface area contributed by atoms with Crippen molar-refractivity contribution in [1.29, 1.82) is 0 Å². The first-order chi connectivity index (χ1) is 9.51. The van der Waals surface area contributed by atoms with Crippen LogP contribution in [0.2, 0.25) is 0 Å². The molecule has 0 heterocycles. The van der Waals surface area contributed by atoms with Crippen molar-refractivity contribution in [2.45, 2.75) is 25.3 Å². The first kappa shape index (κ1) is 14.3. The second-order valence-corrected chi connectivity index (χ2v) is 4.90. The average Bonchev–Trinajstić information content (AvgIpc) is 2.85. The number of nitrogens with two attached hydrogens (primary N) is 1. The minimum Gasteiger partial charge on any atom is -0.490 e. The monoisotopic (exact) mass is 279 g/mol. The summed E-state index contributed by atoms with van der Waals surface area (Å²) in [6, 6.07) is 4.41. The molecule has 2 atom stereocenters. The molecule has 0 bridgehead atoms. The summed E-state index contributed by atoms with van der Waals surface area (Å²) in [6.45, 7) is 0. The zero-order valence-electron chi connectivity index (χ0n) is 11.2. The fourth-order valence-corrected chi connectivity index (χ4v) is 2.41. The van der Waals surface area contributed by atoms with E-state index >= 15 is 0 Å². The number of anilines is 1. The summed E-state index contributed by atoms with van der Waals surface area (Å²) in [7, 11) is 1.36. The van der Waals surface area contributed by atoms with Crippen LogP contribution in [0.25, 0.3) is 0 Å². The number of hydrogen-bond acceptors (Lipinski definition) is 5. The van der Waals surface area contributed by atoms with Crippen molar-refractivity contribution in [2.75, 3.05) is 12.4 Å². The van der Waals surface area contributed by atoms with E-state index in [4.69, 9.17) is 10.5 Å². The van der Waals surface area contributed by atoms with Crippen molar-refractivity contribution < 1.29 is 14.5 Å². The highest BCUT2D eigenvalue weighted by Gasteiger charge is 2.28. The fraction of sp³-hybridized carbons (Fsp3) is 0.462. The number of carbonyl (C=O) groups is 1. The number of ether oxygens (including phenoxy) is 1. The topological polar surface area (TPSA) is 107 Å². The van der Waals surface area contributed by atoms with E-state index in [1.807, 2.05) is 0 Å². The number of nitrogens with zero attached hydrogens (tertiary/aromatic N) is 1. The van der Waals surface area contributed by atoms with E-state index in [1.165, 1.54) is 19.2 Å². The number of carbonyl (C=O) groups excluding carboxylic acids is 1. The predicted octanol–water partition coefficient (Wildman–Crippen LogP) is 1.67. The molecule has 2 unspecified atom stereocenters. The molecule has 2 rings (SSSR count). The SMILES string of the molecule is COc1ccc(NC(=O)C2CCC(N)C2)cc1[N+](=O)[O-]. The van der Waals surface area contributed by atoms with Crippen molar-refractivity contribution in [3.63, 3.8) is 0 Å². The Morgan fingerprint density at radius 3 is 2.80 bits per heavy atom. The fourth-order valence-electron chi connectivity index (χ4n) is 2.41. The van der Waals surface area contributed by atoms with Gasteiger partial charge in [-0.05, 0) is 31.4 Å². The maximum Gasteiger partial charge on any atom is 0.312 e. The largest absolute Gasteiger partial charge is 0.490 e. The van der Waals surface area contributed by atoms with Crippen LogP contribution in [0.3, 0.4) is 0 Å². The maximum absolute atomic E-state index is 12.0. The Morgan fingerprint density at radius 1 is 1.50 bits per heavy atom. The Kier molecular flexibility index (Phi) is 4.19. The Morgan fingerprint density at radius 2 is 2.25 bits per heavy atom. The molecule has 7 nitrogen and oxygen atoms in total. The van der Waals surface area contributed by atoms with Crippen LogP contribution in [0.15, 0.2) is 18.2 Å². The van der Waals surface area contributed by atoms with E-state index in [0.29, 0.717) is 12.1 Å². The van der Waals surface area contributed by atoms with Crippen LogP contribution in [-0.2, 0) is 4.79 Å². The van der Waals surface area contributed by atoms with Gasteiger partial charge in [0.15, 0.2) is 5.75 Å². The third-order valence-electron chi connectivity index (χ3n) is 3.49. The quantitative estimate of drug-likeness (QED) is 0.644. The number of methoxy groups -OCH3 is 1. The van der Waals surface area contributed by atoms with Crippen LogP contribution < -0.4 is 15.8 Å². The molecule has 1 aliphatic rings. The molecule has 1 aromatic carbocycles. The van der Waals surface area contributed by atoms with Gasteiger partial charge < -0.3 is 15.8 Å². The number of amides is 1.